The first kappa shape index (κ1) is 24.4. The van der Waals surface area contributed by atoms with Gasteiger partial charge < -0.3 is 10.6 Å². The third-order valence-corrected chi connectivity index (χ3v) is 7.90. The van der Waals surface area contributed by atoms with Crippen LogP contribution in [0.3, 0.4) is 0 Å². The van der Waals surface area contributed by atoms with E-state index in [-0.39, 0.29) is 6.03 Å². The number of rotatable bonds is 8. The molecule has 0 saturated carbocycles. The molecule has 4 atom stereocenters. The number of aromatic nitrogens is 3. The number of para-hydroxylation sites is 1. The quantitative estimate of drug-likeness (QED) is 0.445. The summed E-state index contributed by atoms with van der Waals surface area (Å²) in [4.78, 5) is 29.2. The topological polar surface area (TPSA) is 83.0 Å². The highest BCUT2D eigenvalue weighted by molar-refractivity contribution is 5.89. The smallest absolute Gasteiger partial charge is 0.319 e. The van der Waals surface area contributed by atoms with Crippen molar-refractivity contribution >= 4 is 11.7 Å². The van der Waals surface area contributed by atoms with Gasteiger partial charge in [0.1, 0.15) is 0 Å². The third-order valence-electron chi connectivity index (χ3n) is 7.90. The van der Waals surface area contributed by atoms with E-state index < -0.39 is 0 Å². The van der Waals surface area contributed by atoms with E-state index >= 15 is 0 Å². The first-order valence-corrected chi connectivity index (χ1v) is 13.3. The number of amides is 2. The van der Waals surface area contributed by atoms with Crippen molar-refractivity contribution < 1.29 is 4.79 Å². The van der Waals surface area contributed by atoms with Crippen LogP contribution in [-0.4, -0.2) is 51.6 Å². The zero-order valence-corrected chi connectivity index (χ0v) is 21.2. The summed E-state index contributed by atoms with van der Waals surface area (Å²) < 4.78 is 0. The second-order valence-corrected chi connectivity index (χ2v) is 10.0. The number of anilines is 1. The van der Waals surface area contributed by atoms with E-state index in [0.29, 0.717) is 30.3 Å². The van der Waals surface area contributed by atoms with Crippen molar-refractivity contribution in [1.82, 2.24) is 25.2 Å². The maximum Gasteiger partial charge on any atom is 0.319 e. The summed E-state index contributed by atoms with van der Waals surface area (Å²) in [6, 6.07) is 16.1. The molecule has 1 aromatic carbocycles. The van der Waals surface area contributed by atoms with E-state index in [2.05, 4.69) is 40.4 Å². The van der Waals surface area contributed by atoms with E-state index in [9.17, 15) is 4.79 Å². The van der Waals surface area contributed by atoms with Crippen LogP contribution < -0.4 is 10.6 Å². The van der Waals surface area contributed by atoms with E-state index in [0.717, 1.165) is 55.1 Å². The Bertz CT molecular complexity index is 1150. The van der Waals surface area contributed by atoms with Crippen LogP contribution in [0.4, 0.5) is 10.5 Å². The first-order valence-electron chi connectivity index (χ1n) is 13.3. The van der Waals surface area contributed by atoms with Gasteiger partial charge in [-0.15, -0.1) is 0 Å². The molecule has 188 valence electrons. The van der Waals surface area contributed by atoms with Crippen molar-refractivity contribution in [2.24, 2.45) is 5.92 Å². The molecule has 0 spiro atoms. The number of nitrogens with one attached hydrogen (secondary N) is 2. The molecule has 2 amide bonds. The predicted molar refractivity (Wildman–Crippen MR) is 143 cm³/mol. The maximum atomic E-state index is 12.4. The van der Waals surface area contributed by atoms with E-state index in [4.69, 9.17) is 9.97 Å². The van der Waals surface area contributed by atoms with Gasteiger partial charge in [0.15, 0.2) is 5.82 Å². The largest absolute Gasteiger partial charge is 0.336 e. The molecule has 0 radical (unpaired) electrons. The van der Waals surface area contributed by atoms with Crippen molar-refractivity contribution in [3.63, 3.8) is 0 Å². The van der Waals surface area contributed by atoms with Crippen molar-refractivity contribution in [2.75, 3.05) is 25.0 Å². The lowest BCUT2D eigenvalue weighted by atomic mass is 9.74. The third kappa shape index (κ3) is 5.41. The van der Waals surface area contributed by atoms with Gasteiger partial charge in [0, 0.05) is 66.0 Å². The Morgan fingerprint density at radius 1 is 1.08 bits per heavy atom. The summed E-state index contributed by atoms with van der Waals surface area (Å²) in [5.41, 5.74) is 4.15. The van der Waals surface area contributed by atoms with Gasteiger partial charge >= 0.3 is 6.03 Å². The molecule has 2 aromatic heterocycles. The van der Waals surface area contributed by atoms with Crippen LogP contribution >= 0.6 is 0 Å². The Balaban J connectivity index is 1.30. The lowest BCUT2D eigenvalue weighted by Crippen LogP contribution is -2.56. The minimum absolute atomic E-state index is 0.145. The Kier molecular flexibility index (Phi) is 7.56. The molecule has 5 heterocycles. The Morgan fingerprint density at radius 2 is 1.86 bits per heavy atom. The fourth-order valence-corrected chi connectivity index (χ4v) is 5.81. The first-order chi connectivity index (χ1) is 17.6. The highest BCUT2D eigenvalue weighted by atomic mass is 16.2. The van der Waals surface area contributed by atoms with Crippen molar-refractivity contribution in [3.8, 4) is 11.4 Å². The molecule has 3 aliphatic heterocycles. The average Bonchev–Trinajstić information content (AvgIpc) is 2.94. The van der Waals surface area contributed by atoms with Gasteiger partial charge in [-0.05, 0) is 68.5 Å². The number of carbonyl (C=O) groups is 1. The number of urea groups is 1. The molecule has 1 unspecified atom stereocenters. The second-order valence-electron chi connectivity index (χ2n) is 10.0. The molecule has 3 aliphatic rings. The van der Waals surface area contributed by atoms with Crippen molar-refractivity contribution in [2.45, 2.75) is 57.4 Å². The molecule has 36 heavy (non-hydrogen) atoms. The normalized spacial score (nSPS) is 23.0. The standard InChI is InChI=1S/C29H36N6O/c1-3-20(4-2)26-17-27(34-28(33-26)21-10-13-30-14-11-21)25-19-35-15-12-22(25)16-24(35)18-31-29(36)32-23-8-6-5-7-9-23/h5-11,13-14,17,20,22,24-25H,3-4,12,15-16,18-19H2,1-2H3,(H2,31,32,36)/t22-,24+,25+/m0/s1. The Hall–Kier alpha value is -3.32. The summed E-state index contributed by atoms with van der Waals surface area (Å²) in [6.07, 6.45) is 8.00. The molecule has 7 nitrogen and oxygen atoms in total. The molecular weight excluding hydrogens is 448 g/mol. The molecule has 7 heteroatoms. The van der Waals surface area contributed by atoms with Gasteiger partial charge in [0.2, 0.25) is 0 Å². The maximum absolute atomic E-state index is 12.4. The van der Waals surface area contributed by atoms with E-state index in [1.54, 1.807) is 0 Å². The lowest BCUT2D eigenvalue weighted by molar-refractivity contribution is 0.0307. The van der Waals surface area contributed by atoms with Gasteiger partial charge in [0.05, 0.1) is 0 Å². The Morgan fingerprint density at radius 3 is 2.56 bits per heavy atom. The zero-order valence-electron chi connectivity index (χ0n) is 21.2. The van der Waals surface area contributed by atoms with Crippen LogP contribution in [0.25, 0.3) is 11.4 Å². The molecule has 2 bridgehead atoms. The summed E-state index contributed by atoms with van der Waals surface area (Å²) >= 11 is 0. The van der Waals surface area contributed by atoms with Crippen LogP contribution in [0, 0.1) is 5.92 Å². The number of hydrogen-bond donors (Lipinski definition) is 2. The SMILES string of the molecule is CCC(CC)c1cc([C@@H]2CN3CC[C@H]2C[C@@H]3CNC(=O)Nc2ccccc2)nc(-c2ccncc2)n1. The number of fused-ring (bicyclic) bond motifs is 3. The summed E-state index contributed by atoms with van der Waals surface area (Å²) in [6.45, 7) is 7.19. The molecular formula is C29H36N6O. The number of hydrogen-bond acceptors (Lipinski definition) is 5. The van der Waals surface area contributed by atoms with Crippen molar-refractivity contribution in [3.05, 3.63) is 72.3 Å². The molecule has 3 fully saturated rings. The van der Waals surface area contributed by atoms with Gasteiger partial charge in [-0.1, -0.05) is 32.0 Å². The van der Waals surface area contributed by atoms with Crippen LogP contribution in [0.15, 0.2) is 60.9 Å². The van der Waals surface area contributed by atoms with Crippen LogP contribution in [0.2, 0.25) is 0 Å². The van der Waals surface area contributed by atoms with Gasteiger partial charge in [0.25, 0.3) is 0 Å². The molecule has 3 aromatic rings. The number of piperidine rings is 3. The molecule has 6 rings (SSSR count). The zero-order chi connectivity index (χ0) is 24.9. The van der Waals surface area contributed by atoms with E-state index in [1.807, 2.05) is 54.9 Å². The van der Waals surface area contributed by atoms with E-state index in [1.165, 1.54) is 12.1 Å². The molecule has 2 N–H and O–H groups in total. The summed E-state index contributed by atoms with van der Waals surface area (Å²) in [5, 5.41) is 6.01. The predicted octanol–water partition coefficient (Wildman–Crippen LogP) is 5.44. The minimum atomic E-state index is -0.145. The van der Waals surface area contributed by atoms with Gasteiger partial charge in [-0.2, -0.15) is 0 Å². The lowest BCUT2D eigenvalue weighted by Gasteiger charge is -2.49. The van der Waals surface area contributed by atoms with Crippen LogP contribution in [0.5, 0.6) is 0 Å². The van der Waals surface area contributed by atoms with Crippen molar-refractivity contribution in [1.29, 1.82) is 0 Å². The Labute approximate surface area is 213 Å². The fraction of sp³-hybridized carbons (Fsp3) is 0.448. The number of carbonyl (C=O) groups excluding carboxylic acids is 1. The number of pyridine rings is 1. The number of benzene rings is 1. The fourth-order valence-electron chi connectivity index (χ4n) is 5.81. The van der Waals surface area contributed by atoms with Crippen LogP contribution in [-0.2, 0) is 0 Å². The highest BCUT2D eigenvalue weighted by Crippen LogP contribution is 2.42. The number of nitrogens with zero attached hydrogens (tertiary/aromatic N) is 4. The van der Waals surface area contributed by atoms with Crippen LogP contribution in [0.1, 0.15) is 62.8 Å². The molecule has 0 aliphatic carbocycles. The highest BCUT2D eigenvalue weighted by Gasteiger charge is 2.41. The van der Waals surface area contributed by atoms with Gasteiger partial charge in [-0.3, -0.25) is 9.88 Å². The summed E-state index contributed by atoms with van der Waals surface area (Å²) in [7, 11) is 0. The van der Waals surface area contributed by atoms with Gasteiger partial charge in [-0.25, -0.2) is 14.8 Å². The average molecular weight is 485 g/mol. The second kappa shape index (κ2) is 11.2. The monoisotopic (exact) mass is 484 g/mol. The molecule has 3 saturated heterocycles. The summed E-state index contributed by atoms with van der Waals surface area (Å²) in [5.74, 6) is 2.20. The minimum Gasteiger partial charge on any atom is -0.336 e.